The van der Waals surface area contributed by atoms with Crippen LogP contribution in [0.5, 0.6) is 5.88 Å². The molecule has 2 rings (SSSR count). The smallest absolute Gasteiger partial charge is 0.271 e. The molecule has 1 heterocycles. The number of aromatic hydroxyl groups is 1. The Kier molecular flexibility index (Phi) is 4.06. The third-order valence-corrected chi connectivity index (χ3v) is 2.56. The maximum absolute atomic E-state index is 11.7. The Morgan fingerprint density at radius 3 is 2.65 bits per heavy atom. The summed E-state index contributed by atoms with van der Waals surface area (Å²) in [6.45, 7) is 0. The first-order chi connectivity index (χ1) is 9.58. The molecule has 7 nitrogen and oxygen atoms in total. The van der Waals surface area contributed by atoms with Crippen LogP contribution >= 0.6 is 12.2 Å². The van der Waals surface area contributed by atoms with Crippen LogP contribution in [0.25, 0.3) is 0 Å². The van der Waals surface area contributed by atoms with E-state index in [1.807, 2.05) is 0 Å². The number of hydrogen-bond acceptors (Lipinski definition) is 5. The van der Waals surface area contributed by atoms with Crippen molar-refractivity contribution in [2.45, 2.75) is 0 Å². The van der Waals surface area contributed by atoms with Gasteiger partial charge >= 0.3 is 0 Å². The van der Waals surface area contributed by atoms with Gasteiger partial charge in [0.2, 0.25) is 5.88 Å². The van der Waals surface area contributed by atoms with Gasteiger partial charge in [0, 0.05) is 5.56 Å². The first-order valence-corrected chi connectivity index (χ1v) is 5.93. The lowest BCUT2D eigenvalue weighted by Gasteiger charge is -1.99. The third-order valence-electron chi connectivity index (χ3n) is 2.35. The Labute approximate surface area is 118 Å². The van der Waals surface area contributed by atoms with Gasteiger partial charge in [0.1, 0.15) is 5.56 Å². The highest BCUT2D eigenvalue weighted by atomic mass is 32.1. The van der Waals surface area contributed by atoms with Crippen molar-refractivity contribution in [3.05, 3.63) is 56.6 Å². The molecule has 2 aromatic rings. The van der Waals surface area contributed by atoms with Crippen molar-refractivity contribution in [3.63, 3.8) is 0 Å². The average Bonchev–Trinajstić information content (AvgIpc) is 2.42. The second-order valence-electron chi connectivity index (χ2n) is 3.74. The standard InChI is InChI=1S/C12H10N4O3S/c17-9(7-4-2-1-3-5-7)16-13-6-8-10(18)14-12(20)15-11(8)19/h1-6H,(H,16,17)(H3,14,15,18,19,20). The SMILES string of the molecule is O=C(NN=Cc1c(O)[nH]c(=S)[nH]c1=O)c1ccccc1. The molecule has 0 atom stereocenters. The van der Waals surface area contributed by atoms with Crippen LogP contribution in [-0.2, 0) is 0 Å². The number of carbonyl (C=O) groups excluding carboxylic acids is 1. The van der Waals surface area contributed by atoms with E-state index in [1.165, 1.54) is 0 Å². The Morgan fingerprint density at radius 1 is 1.30 bits per heavy atom. The highest BCUT2D eigenvalue weighted by molar-refractivity contribution is 7.71. The normalized spacial score (nSPS) is 10.6. The van der Waals surface area contributed by atoms with Crippen LogP contribution in [0.4, 0.5) is 0 Å². The lowest BCUT2D eigenvalue weighted by Crippen LogP contribution is -2.19. The van der Waals surface area contributed by atoms with E-state index in [0.717, 1.165) is 6.21 Å². The molecule has 0 spiro atoms. The van der Waals surface area contributed by atoms with Gasteiger partial charge in [0.15, 0.2) is 4.77 Å². The number of benzene rings is 1. The number of hydrogen-bond donors (Lipinski definition) is 4. The van der Waals surface area contributed by atoms with Crippen molar-refractivity contribution in [3.8, 4) is 5.88 Å². The van der Waals surface area contributed by atoms with Crippen LogP contribution in [0.1, 0.15) is 15.9 Å². The van der Waals surface area contributed by atoms with Gasteiger partial charge < -0.3 is 10.1 Å². The second-order valence-corrected chi connectivity index (χ2v) is 4.14. The van der Waals surface area contributed by atoms with E-state index in [2.05, 4.69) is 32.7 Å². The van der Waals surface area contributed by atoms with Crippen molar-refractivity contribution in [1.29, 1.82) is 0 Å². The number of rotatable bonds is 3. The van der Waals surface area contributed by atoms with Gasteiger partial charge in [-0.3, -0.25) is 14.6 Å². The van der Waals surface area contributed by atoms with E-state index in [0.29, 0.717) is 5.56 Å². The van der Waals surface area contributed by atoms with E-state index in [-0.39, 0.29) is 10.3 Å². The molecule has 0 saturated heterocycles. The summed E-state index contributed by atoms with van der Waals surface area (Å²) < 4.78 is -0.00188. The summed E-state index contributed by atoms with van der Waals surface area (Å²) in [5, 5.41) is 13.1. The van der Waals surface area contributed by atoms with Gasteiger partial charge in [-0.25, -0.2) is 5.43 Å². The molecular weight excluding hydrogens is 280 g/mol. The van der Waals surface area contributed by atoms with E-state index >= 15 is 0 Å². The quantitative estimate of drug-likeness (QED) is 0.382. The number of aromatic amines is 2. The predicted molar refractivity (Wildman–Crippen MR) is 75.4 cm³/mol. The fraction of sp³-hybridized carbons (Fsp3) is 0. The molecule has 0 unspecified atom stereocenters. The highest BCUT2D eigenvalue weighted by Gasteiger charge is 2.05. The molecule has 0 aliphatic heterocycles. The summed E-state index contributed by atoms with van der Waals surface area (Å²) in [7, 11) is 0. The van der Waals surface area contributed by atoms with Crippen molar-refractivity contribution >= 4 is 24.3 Å². The molecule has 8 heteroatoms. The second kappa shape index (κ2) is 5.93. The number of carbonyl (C=O) groups is 1. The van der Waals surface area contributed by atoms with Crippen LogP contribution in [0, 0.1) is 4.77 Å². The van der Waals surface area contributed by atoms with Crippen LogP contribution in [-0.4, -0.2) is 27.2 Å². The maximum Gasteiger partial charge on any atom is 0.271 e. The van der Waals surface area contributed by atoms with E-state index in [4.69, 9.17) is 0 Å². The Hall–Kier alpha value is -2.74. The zero-order chi connectivity index (χ0) is 14.5. The Balaban J connectivity index is 2.14. The molecule has 1 aromatic heterocycles. The topological polar surface area (TPSA) is 110 Å². The molecule has 4 N–H and O–H groups in total. The summed E-state index contributed by atoms with van der Waals surface area (Å²) in [6.07, 6.45) is 1.03. The fourth-order valence-corrected chi connectivity index (χ4v) is 1.60. The van der Waals surface area contributed by atoms with Crippen LogP contribution in [0.15, 0.2) is 40.2 Å². The van der Waals surface area contributed by atoms with Crippen LogP contribution in [0.3, 0.4) is 0 Å². The van der Waals surface area contributed by atoms with Crippen molar-refractivity contribution in [2.75, 3.05) is 0 Å². The number of amides is 1. The van der Waals surface area contributed by atoms with Gasteiger partial charge in [0.25, 0.3) is 11.5 Å². The summed E-state index contributed by atoms with van der Waals surface area (Å²) >= 11 is 4.68. The lowest BCUT2D eigenvalue weighted by molar-refractivity contribution is 0.0955. The molecule has 1 aromatic carbocycles. The minimum Gasteiger partial charge on any atom is -0.494 e. The van der Waals surface area contributed by atoms with Crippen molar-refractivity contribution in [1.82, 2.24) is 15.4 Å². The molecule has 0 radical (unpaired) electrons. The van der Waals surface area contributed by atoms with Crippen molar-refractivity contribution in [2.24, 2.45) is 5.10 Å². The summed E-state index contributed by atoms with van der Waals surface area (Å²) in [5.41, 5.74) is 1.93. The van der Waals surface area contributed by atoms with E-state index in [1.54, 1.807) is 30.3 Å². The predicted octanol–water partition coefficient (Wildman–Crippen LogP) is 0.902. The molecule has 0 aliphatic carbocycles. The van der Waals surface area contributed by atoms with E-state index < -0.39 is 17.3 Å². The fourth-order valence-electron chi connectivity index (χ4n) is 1.41. The Morgan fingerprint density at radius 2 is 2.00 bits per heavy atom. The molecular formula is C12H10N4O3S. The lowest BCUT2D eigenvalue weighted by atomic mass is 10.2. The monoisotopic (exact) mass is 290 g/mol. The highest BCUT2D eigenvalue weighted by Crippen LogP contribution is 2.03. The molecule has 0 saturated carbocycles. The molecule has 0 bridgehead atoms. The average molecular weight is 290 g/mol. The van der Waals surface area contributed by atoms with Gasteiger partial charge in [-0.2, -0.15) is 5.10 Å². The minimum atomic E-state index is -0.607. The first-order valence-electron chi connectivity index (χ1n) is 5.52. The summed E-state index contributed by atoms with van der Waals surface area (Å²) in [4.78, 5) is 27.8. The minimum absolute atomic E-state index is 0.00188. The number of H-pyrrole nitrogens is 2. The van der Waals surface area contributed by atoms with E-state index in [9.17, 15) is 14.7 Å². The Bertz CT molecular complexity index is 764. The number of nitrogens with one attached hydrogen (secondary N) is 3. The van der Waals surface area contributed by atoms with Gasteiger partial charge in [-0.1, -0.05) is 18.2 Å². The zero-order valence-electron chi connectivity index (χ0n) is 10.1. The third kappa shape index (κ3) is 3.18. The summed E-state index contributed by atoms with van der Waals surface area (Å²) in [6, 6.07) is 8.45. The summed E-state index contributed by atoms with van der Waals surface area (Å²) in [5.74, 6) is -0.849. The molecule has 20 heavy (non-hydrogen) atoms. The van der Waals surface area contributed by atoms with Gasteiger partial charge in [-0.05, 0) is 24.4 Å². The maximum atomic E-state index is 11.7. The zero-order valence-corrected chi connectivity index (χ0v) is 10.9. The van der Waals surface area contributed by atoms with Crippen molar-refractivity contribution < 1.29 is 9.90 Å². The van der Waals surface area contributed by atoms with Crippen LogP contribution in [0.2, 0.25) is 0 Å². The molecule has 102 valence electrons. The van der Waals surface area contributed by atoms with Crippen LogP contribution < -0.4 is 11.0 Å². The number of aromatic nitrogens is 2. The number of hydrazone groups is 1. The molecule has 1 amide bonds. The molecule has 0 aliphatic rings. The first kappa shape index (κ1) is 13.7. The van der Waals surface area contributed by atoms with Gasteiger partial charge in [-0.15, -0.1) is 0 Å². The number of nitrogens with zero attached hydrogens (tertiary/aromatic N) is 1. The largest absolute Gasteiger partial charge is 0.494 e. The van der Waals surface area contributed by atoms with Gasteiger partial charge in [0.05, 0.1) is 6.21 Å². The molecule has 0 fully saturated rings.